The quantitative estimate of drug-likeness (QED) is 0.803. The van der Waals surface area contributed by atoms with Gasteiger partial charge in [-0.25, -0.2) is 4.98 Å². The Hall–Kier alpha value is -1.62. The Morgan fingerprint density at radius 1 is 1.65 bits per heavy atom. The van der Waals surface area contributed by atoms with E-state index in [-0.39, 0.29) is 11.9 Å². The summed E-state index contributed by atoms with van der Waals surface area (Å²) in [7, 11) is 0. The average Bonchev–Trinajstić information content (AvgIpc) is 2.78. The molecule has 92 valence electrons. The number of nitrogens with zero attached hydrogens (tertiary/aromatic N) is 2. The molecule has 5 heteroatoms. The maximum absolute atomic E-state index is 11.3. The first-order valence-corrected chi connectivity index (χ1v) is 5.79. The van der Waals surface area contributed by atoms with E-state index < -0.39 is 6.10 Å². The van der Waals surface area contributed by atoms with Gasteiger partial charge in [0.2, 0.25) is 5.91 Å². The second kappa shape index (κ2) is 4.71. The highest BCUT2D eigenvalue weighted by Gasteiger charge is 2.29. The fourth-order valence-electron chi connectivity index (χ4n) is 2.15. The fourth-order valence-corrected chi connectivity index (χ4v) is 2.15. The van der Waals surface area contributed by atoms with Crippen molar-refractivity contribution in [1.29, 1.82) is 0 Å². The summed E-state index contributed by atoms with van der Waals surface area (Å²) >= 11 is 0. The Bertz CT molecular complexity index is 403. The van der Waals surface area contributed by atoms with E-state index in [0.717, 1.165) is 30.8 Å². The molecule has 0 bridgehead atoms. The lowest BCUT2D eigenvalue weighted by Gasteiger charge is -2.23. The normalized spacial score (nSPS) is 21.5. The Morgan fingerprint density at radius 2 is 2.41 bits per heavy atom. The number of primary amides is 1. The van der Waals surface area contributed by atoms with Crippen molar-refractivity contribution in [3.63, 3.8) is 0 Å². The van der Waals surface area contributed by atoms with Crippen LogP contribution in [0.4, 0.5) is 5.82 Å². The summed E-state index contributed by atoms with van der Waals surface area (Å²) in [5, 5.41) is 9.39. The van der Waals surface area contributed by atoms with E-state index in [1.807, 2.05) is 17.0 Å². The zero-order valence-electron chi connectivity index (χ0n) is 9.84. The van der Waals surface area contributed by atoms with Crippen molar-refractivity contribution in [3.8, 4) is 0 Å². The highest BCUT2D eigenvalue weighted by atomic mass is 16.3. The number of anilines is 1. The zero-order valence-corrected chi connectivity index (χ0v) is 9.84. The van der Waals surface area contributed by atoms with Gasteiger partial charge in [-0.3, -0.25) is 4.79 Å². The number of carbonyl (C=O) groups is 1. The van der Waals surface area contributed by atoms with Gasteiger partial charge in [0, 0.05) is 12.7 Å². The molecule has 1 amide bonds. The average molecular weight is 235 g/mol. The van der Waals surface area contributed by atoms with Crippen LogP contribution in [0.1, 0.15) is 31.4 Å². The predicted molar refractivity (Wildman–Crippen MR) is 64.4 cm³/mol. The van der Waals surface area contributed by atoms with Crippen molar-refractivity contribution in [3.05, 3.63) is 23.9 Å². The van der Waals surface area contributed by atoms with Crippen molar-refractivity contribution < 1.29 is 9.90 Å². The number of amides is 1. The molecular formula is C12H17N3O2. The largest absolute Gasteiger partial charge is 0.389 e. The second-order valence-corrected chi connectivity index (χ2v) is 4.38. The Labute approximate surface area is 100 Å². The van der Waals surface area contributed by atoms with Crippen LogP contribution in [0.15, 0.2) is 18.3 Å². The highest BCUT2D eigenvalue weighted by molar-refractivity contribution is 5.83. The van der Waals surface area contributed by atoms with Crippen molar-refractivity contribution in [2.75, 3.05) is 11.4 Å². The molecule has 0 saturated carbocycles. The number of rotatable bonds is 3. The first-order chi connectivity index (χ1) is 8.09. The molecule has 2 heterocycles. The number of aliphatic hydroxyl groups is 1. The maximum atomic E-state index is 11.3. The molecule has 1 aromatic heterocycles. The van der Waals surface area contributed by atoms with Crippen LogP contribution >= 0.6 is 0 Å². The number of aliphatic hydroxyl groups excluding tert-OH is 1. The van der Waals surface area contributed by atoms with Gasteiger partial charge in [0.1, 0.15) is 11.9 Å². The van der Waals surface area contributed by atoms with Crippen LogP contribution in [-0.2, 0) is 4.79 Å². The molecule has 1 aliphatic heterocycles. The number of aromatic nitrogens is 1. The number of carbonyl (C=O) groups excluding carboxylic acids is 1. The van der Waals surface area contributed by atoms with E-state index in [4.69, 9.17) is 5.73 Å². The standard InChI is InChI=1S/C12H17N3O2/c1-8(16)9-4-5-11(14-7-9)15-6-2-3-10(15)12(13)17/h4-5,7-8,10,16H,2-3,6H2,1H3,(H2,13,17)/t8-,10?/m1/s1. The van der Waals surface area contributed by atoms with Crippen LogP contribution in [0.2, 0.25) is 0 Å². The molecule has 0 radical (unpaired) electrons. The molecule has 0 aliphatic carbocycles. The molecule has 1 aliphatic rings. The predicted octanol–water partition coefficient (Wildman–Crippen LogP) is 0.589. The molecule has 0 spiro atoms. The summed E-state index contributed by atoms with van der Waals surface area (Å²) in [6.07, 6.45) is 2.85. The van der Waals surface area contributed by atoms with Gasteiger partial charge in [0.05, 0.1) is 6.10 Å². The van der Waals surface area contributed by atoms with E-state index in [1.165, 1.54) is 0 Å². The van der Waals surface area contributed by atoms with Gasteiger partial charge in [-0.1, -0.05) is 6.07 Å². The minimum absolute atomic E-state index is 0.250. The van der Waals surface area contributed by atoms with Gasteiger partial charge in [0.25, 0.3) is 0 Å². The van der Waals surface area contributed by atoms with Gasteiger partial charge < -0.3 is 15.7 Å². The second-order valence-electron chi connectivity index (χ2n) is 4.38. The molecule has 17 heavy (non-hydrogen) atoms. The first kappa shape index (κ1) is 11.9. The van der Waals surface area contributed by atoms with Crippen LogP contribution in [0, 0.1) is 0 Å². The molecule has 1 fully saturated rings. The van der Waals surface area contributed by atoms with Gasteiger partial charge in [-0.2, -0.15) is 0 Å². The zero-order chi connectivity index (χ0) is 12.4. The SMILES string of the molecule is C[C@@H](O)c1ccc(N2CCCC2C(N)=O)nc1. The molecule has 1 unspecified atom stereocenters. The van der Waals surface area contributed by atoms with E-state index >= 15 is 0 Å². The molecule has 1 saturated heterocycles. The molecule has 3 N–H and O–H groups in total. The van der Waals surface area contributed by atoms with Crippen LogP contribution in [0.3, 0.4) is 0 Å². The van der Waals surface area contributed by atoms with E-state index in [2.05, 4.69) is 4.98 Å². The summed E-state index contributed by atoms with van der Waals surface area (Å²) in [6.45, 7) is 2.49. The van der Waals surface area contributed by atoms with Gasteiger partial charge in [-0.15, -0.1) is 0 Å². The number of hydrogen-bond acceptors (Lipinski definition) is 4. The molecule has 2 atom stereocenters. The lowest BCUT2D eigenvalue weighted by molar-refractivity contribution is -0.119. The third kappa shape index (κ3) is 2.39. The van der Waals surface area contributed by atoms with Crippen LogP contribution in [-0.4, -0.2) is 28.6 Å². The Balaban J connectivity index is 2.19. The minimum atomic E-state index is -0.526. The molecular weight excluding hydrogens is 218 g/mol. The number of hydrogen-bond donors (Lipinski definition) is 2. The summed E-state index contributed by atoms with van der Waals surface area (Å²) in [5.41, 5.74) is 6.12. The summed E-state index contributed by atoms with van der Waals surface area (Å²) in [6, 6.07) is 3.40. The Morgan fingerprint density at radius 3 is 2.94 bits per heavy atom. The van der Waals surface area contributed by atoms with Crippen LogP contribution in [0.25, 0.3) is 0 Å². The van der Waals surface area contributed by atoms with Crippen molar-refractivity contribution in [2.24, 2.45) is 5.73 Å². The number of pyridine rings is 1. The summed E-state index contributed by atoms with van der Waals surface area (Å²) < 4.78 is 0. The molecule has 2 rings (SSSR count). The van der Waals surface area contributed by atoms with Crippen molar-refractivity contribution in [2.45, 2.75) is 31.9 Å². The third-order valence-corrected chi connectivity index (χ3v) is 3.13. The highest BCUT2D eigenvalue weighted by Crippen LogP contribution is 2.24. The lowest BCUT2D eigenvalue weighted by atomic mass is 10.2. The topological polar surface area (TPSA) is 79.5 Å². The van der Waals surface area contributed by atoms with Crippen molar-refractivity contribution >= 4 is 11.7 Å². The van der Waals surface area contributed by atoms with E-state index in [0.29, 0.717) is 0 Å². The van der Waals surface area contributed by atoms with Gasteiger partial charge in [-0.05, 0) is 31.4 Å². The minimum Gasteiger partial charge on any atom is -0.389 e. The Kier molecular flexibility index (Phi) is 3.28. The molecule has 0 aromatic carbocycles. The first-order valence-electron chi connectivity index (χ1n) is 5.79. The number of nitrogens with two attached hydrogens (primary N) is 1. The third-order valence-electron chi connectivity index (χ3n) is 3.13. The fraction of sp³-hybridized carbons (Fsp3) is 0.500. The van der Waals surface area contributed by atoms with Crippen LogP contribution < -0.4 is 10.6 Å². The summed E-state index contributed by atoms with van der Waals surface area (Å²) in [4.78, 5) is 17.5. The summed E-state index contributed by atoms with van der Waals surface area (Å²) in [5.74, 6) is 0.444. The smallest absolute Gasteiger partial charge is 0.240 e. The van der Waals surface area contributed by atoms with E-state index in [9.17, 15) is 9.90 Å². The van der Waals surface area contributed by atoms with E-state index in [1.54, 1.807) is 13.1 Å². The molecule has 5 nitrogen and oxygen atoms in total. The molecule has 1 aromatic rings. The monoisotopic (exact) mass is 235 g/mol. The maximum Gasteiger partial charge on any atom is 0.240 e. The lowest BCUT2D eigenvalue weighted by Crippen LogP contribution is -2.40. The van der Waals surface area contributed by atoms with Gasteiger partial charge in [0.15, 0.2) is 0 Å². The van der Waals surface area contributed by atoms with Crippen molar-refractivity contribution in [1.82, 2.24) is 4.98 Å². The van der Waals surface area contributed by atoms with Crippen LogP contribution in [0.5, 0.6) is 0 Å². The van der Waals surface area contributed by atoms with Gasteiger partial charge >= 0.3 is 0 Å².